The maximum absolute atomic E-state index is 6.15. The number of benzene rings is 2. The molecule has 3 heteroatoms. The quantitative estimate of drug-likeness (QED) is 0.778. The Morgan fingerprint density at radius 3 is 2.48 bits per heavy atom. The van der Waals surface area contributed by atoms with Gasteiger partial charge in [-0.05, 0) is 54.5 Å². The second-order valence-electron chi connectivity index (χ2n) is 5.86. The van der Waals surface area contributed by atoms with Crippen LogP contribution >= 0.6 is 0 Å². The van der Waals surface area contributed by atoms with Gasteiger partial charge in [-0.2, -0.15) is 0 Å². The smallest absolute Gasteiger partial charge is 0.201 e. The van der Waals surface area contributed by atoms with E-state index in [1.54, 1.807) is 0 Å². The standard InChI is InChI=1S/C18H19N3/c19-18-20-16-10-14-8-4-5-9-15(14)11-17(16)21(18)12-13-6-2-1-3-7-13/h1-3,6-7,10-11H,4-5,8-9,12H2,(H2,19,20). The highest BCUT2D eigenvalue weighted by Crippen LogP contribution is 2.28. The van der Waals surface area contributed by atoms with E-state index in [-0.39, 0.29) is 0 Å². The Kier molecular flexibility index (Phi) is 2.92. The Bertz CT molecular complexity index is 787. The lowest BCUT2D eigenvalue weighted by Gasteiger charge is -2.16. The van der Waals surface area contributed by atoms with Crippen molar-refractivity contribution in [1.82, 2.24) is 9.55 Å². The molecule has 0 unspecified atom stereocenters. The molecule has 21 heavy (non-hydrogen) atoms. The van der Waals surface area contributed by atoms with E-state index < -0.39 is 0 Å². The number of rotatable bonds is 2. The summed E-state index contributed by atoms with van der Waals surface area (Å²) in [5.41, 5.74) is 12.5. The summed E-state index contributed by atoms with van der Waals surface area (Å²) in [4.78, 5) is 4.56. The molecule has 0 radical (unpaired) electrons. The van der Waals surface area contributed by atoms with Gasteiger partial charge in [0.1, 0.15) is 0 Å². The van der Waals surface area contributed by atoms with Gasteiger partial charge in [0.25, 0.3) is 0 Å². The zero-order chi connectivity index (χ0) is 14.2. The van der Waals surface area contributed by atoms with Gasteiger partial charge in [-0.3, -0.25) is 0 Å². The zero-order valence-electron chi connectivity index (χ0n) is 12.0. The van der Waals surface area contributed by atoms with Crippen LogP contribution in [0.5, 0.6) is 0 Å². The van der Waals surface area contributed by atoms with Gasteiger partial charge in [0.05, 0.1) is 17.6 Å². The maximum atomic E-state index is 6.15. The second-order valence-corrected chi connectivity index (χ2v) is 5.86. The third kappa shape index (κ3) is 2.19. The topological polar surface area (TPSA) is 43.8 Å². The van der Waals surface area contributed by atoms with Crippen LogP contribution in [0.3, 0.4) is 0 Å². The molecular weight excluding hydrogens is 258 g/mol. The minimum Gasteiger partial charge on any atom is -0.369 e. The van der Waals surface area contributed by atoms with Crippen molar-refractivity contribution >= 4 is 17.0 Å². The van der Waals surface area contributed by atoms with Crippen molar-refractivity contribution in [1.29, 1.82) is 0 Å². The molecule has 0 fully saturated rings. The first-order chi connectivity index (χ1) is 10.3. The van der Waals surface area contributed by atoms with Crippen molar-refractivity contribution in [3.63, 3.8) is 0 Å². The average Bonchev–Trinajstić information content (AvgIpc) is 2.81. The first-order valence-corrected chi connectivity index (χ1v) is 7.63. The monoisotopic (exact) mass is 277 g/mol. The van der Waals surface area contributed by atoms with Gasteiger partial charge in [0.2, 0.25) is 5.95 Å². The van der Waals surface area contributed by atoms with Crippen molar-refractivity contribution in [2.45, 2.75) is 32.2 Å². The van der Waals surface area contributed by atoms with Gasteiger partial charge in [-0.15, -0.1) is 0 Å². The summed E-state index contributed by atoms with van der Waals surface area (Å²) in [5.74, 6) is 0.608. The second kappa shape index (κ2) is 4.92. The summed E-state index contributed by atoms with van der Waals surface area (Å²) in [6.45, 7) is 0.780. The van der Waals surface area contributed by atoms with E-state index in [2.05, 4.69) is 45.9 Å². The third-order valence-corrected chi connectivity index (χ3v) is 4.42. The van der Waals surface area contributed by atoms with Crippen LogP contribution in [0.2, 0.25) is 0 Å². The summed E-state index contributed by atoms with van der Waals surface area (Å²) < 4.78 is 2.12. The molecule has 1 aliphatic rings. The van der Waals surface area contributed by atoms with E-state index >= 15 is 0 Å². The summed E-state index contributed by atoms with van der Waals surface area (Å²) in [7, 11) is 0. The molecule has 1 aromatic heterocycles. The predicted octanol–water partition coefficient (Wildman–Crippen LogP) is 3.55. The number of aryl methyl sites for hydroxylation is 2. The van der Waals surface area contributed by atoms with Crippen molar-refractivity contribution in [3.05, 3.63) is 59.2 Å². The van der Waals surface area contributed by atoms with Crippen LogP contribution in [0.15, 0.2) is 42.5 Å². The number of fused-ring (bicyclic) bond motifs is 2. The first-order valence-electron chi connectivity index (χ1n) is 7.63. The van der Waals surface area contributed by atoms with Crippen molar-refractivity contribution in [2.75, 3.05) is 5.73 Å². The van der Waals surface area contributed by atoms with Gasteiger partial charge >= 0.3 is 0 Å². The van der Waals surface area contributed by atoms with E-state index in [1.807, 2.05) is 6.07 Å². The van der Waals surface area contributed by atoms with Gasteiger partial charge in [0, 0.05) is 0 Å². The highest BCUT2D eigenvalue weighted by atomic mass is 15.1. The van der Waals surface area contributed by atoms with Gasteiger partial charge in [-0.1, -0.05) is 30.3 Å². The molecule has 2 N–H and O–H groups in total. The van der Waals surface area contributed by atoms with Gasteiger partial charge < -0.3 is 10.3 Å². The lowest BCUT2D eigenvalue weighted by molar-refractivity contribution is 0.686. The zero-order valence-corrected chi connectivity index (χ0v) is 12.0. The van der Waals surface area contributed by atoms with Crippen LogP contribution in [-0.2, 0) is 19.4 Å². The van der Waals surface area contributed by atoms with Crippen LogP contribution < -0.4 is 5.73 Å². The summed E-state index contributed by atoms with van der Waals surface area (Å²) >= 11 is 0. The Morgan fingerprint density at radius 1 is 1.00 bits per heavy atom. The molecule has 0 saturated heterocycles. The SMILES string of the molecule is Nc1nc2cc3c(cc2n1Cc1ccccc1)CCCC3. The molecule has 0 atom stereocenters. The van der Waals surface area contributed by atoms with Crippen molar-refractivity contribution < 1.29 is 0 Å². The molecule has 0 bridgehead atoms. The fourth-order valence-corrected chi connectivity index (χ4v) is 3.30. The van der Waals surface area contributed by atoms with E-state index in [0.717, 1.165) is 17.6 Å². The van der Waals surface area contributed by atoms with E-state index in [0.29, 0.717) is 5.95 Å². The highest BCUT2D eigenvalue weighted by molar-refractivity contribution is 5.80. The largest absolute Gasteiger partial charge is 0.369 e. The van der Waals surface area contributed by atoms with E-state index in [1.165, 1.54) is 42.4 Å². The van der Waals surface area contributed by atoms with Crippen LogP contribution in [0.4, 0.5) is 5.95 Å². The Balaban J connectivity index is 1.83. The third-order valence-electron chi connectivity index (χ3n) is 4.42. The lowest BCUT2D eigenvalue weighted by atomic mass is 9.91. The molecule has 2 aromatic carbocycles. The minimum atomic E-state index is 0.608. The molecule has 0 amide bonds. The summed E-state index contributed by atoms with van der Waals surface area (Å²) in [5, 5.41) is 0. The minimum absolute atomic E-state index is 0.608. The van der Waals surface area contributed by atoms with Crippen LogP contribution in [0.1, 0.15) is 29.5 Å². The fraction of sp³-hybridized carbons (Fsp3) is 0.278. The van der Waals surface area contributed by atoms with Crippen LogP contribution in [0, 0.1) is 0 Å². The van der Waals surface area contributed by atoms with Crippen molar-refractivity contribution in [3.8, 4) is 0 Å². The number of imidazole rings is 1. The number of hydrogen-bond acceptors (Lipinski definition) is 2. The number of nitrogens with two attached hydrogens (primary N) is 1. The number of anilines is 1. The number of hydrogen-bond donors (Lipinski definition) is 1. The Morgan fingerprint density at radius 2 is 1.71 bits per heavy atom. The number of nitrogen functional groups attached to an aromatic ring is 1. The first kappa shape index (κ1) is 12.5. The summed E-state index contributed by atoms with van der Waals surface area (Å²) in [6, 6.07) is 15.0. The fourth-order valence-electron chi connectivity index (χ4n) is 3.30. The van der Waals surface area contributed by atoms with Crippen LogP contribution in [-0.4, -0.2) is 9.55 Å². The molecule has 0 saturated carbocycles. The Labute approximate surface area is 124 Å². The predicted molar refractivity (Wildman–Crippen MR) is 86.3 cm³/mol. The van der Waals surface area contributed by atoms with Crippen molar-refractivity contribution in [2.24, 2.45) is 0 Å². The van der Waals surface area contributed by atoms with E-state index in [9.17, 15) is 0 Å². The van der Waals surface area contributed by atoms with Gasteiger partial charge in [0.15, 0.2) is 0 Å². The molecule has 0 aliphatic heterocycles. The number of aromatic nitrogens is 2. The molecule has 1 aliphatic carbocycles. The lowest BCUT2D eigenvalue weighted by Crippen LogP contribution is -2.06. The molecular formula is C18H19N3. The normalized spacial score (nSPS) is 14.3. The Hall–Kier alpha value is -2.29. The molecule has 1 heterocycles. The summed E-state index contributed by atoms with van der Waals surface area (Å²) in [6.07, 6.45) is 4.94. The molecule has 3 aromatic rings. The van der Waals surface area contributed by atoms with Gasteiger partial charge in [-0.25, -0.2) is 4.98 Å². The number of nitrogens with zero attached hydrogens (tertiary/aromatic N) is 2. The maximum Gasteiger partial charge on any atom is 0.201 e. The molecule has 4 rings (SSSR count). The average molecular weight is 277 g/mol. The van der Waals surface area contributed by atoms with E-state index in [4.69, 9.17) is 5.73 Å². The molecule has 106 valence electrons. The highest BCUT2D eigenvalue weighted by Gasteiger charge is 2.15. The van der Waals surface area contributed by atoms with Crippen LogP contribution in [0.25, 0.3) is 11.0 Å². The molecule has 0 spiro atoms. The molecule has 3 nitrogen and oxygen atoms in total.